The van der Waals surface area contributed by atoms with Crippen LogP contribution in [-0.2, 0) is 9.53 Å². The van der Waals surface area contributed by atoms with E-state index in [0.717, 1.165) is 11.8 Å². The molecule has 1 atom stereocenters. The molecule has 1 aromatic rings. The number of carboxylic acids is 1. The van der Waals surface area contributed by atoms with Crippen LogP contribution in [0.15, 0.2) is 11.1 Å². The van der Waals surface area contributed by atoms with Crippen LogP contribution in [0.3, 0.4) is 0 Å². The molecule has 0 saturated heterocycles. The van der Waals surface area contributed by atoms with Crippen LogP contribution in [0.4, 0.5) is 0 Å². The number of rotatable bonds is 4. The molecule has 0 spiro atoms. The molecule has 0 aromatic carbocycles. The highest BCUT2D eigenvalue weighted by Gasteiger charge is 2.16. The van der Waals surface area contributed by atoms with E-state index in [0.29, 0.717) is 10.7 Å². The smallest absolute Gasteiger partial charge is 0.376 e. The van der Waals surface area contributed by atoms with E-state index in [-0.39, 0.29) is 5.82 Å². The van der Waals surface area contributed by atoms with Gasteiger partial charge < -0.3 is 9.84 Å². The van der Waals surface area contributed by atoms with E-state index in [9.17, 15) is 9.59 Å². The van der Waals surface area contributed by atoms with E-state index >= 15 is 0 Å². The summed E-state index contributed by atoms with van der Waals surface area (Å²) in [6.07, 6.45) is 0. The Bertz CT molecular complexity index is 450. The zero-order valence-electron chi connectivity index (χ0n) is 9.63. The van der Waals surface area contributed by atoms with Crippen molar-refractivity contribution in [2.24, 2.45) is 0 Å². The van der Waals surface area contributed by atoms with Crippen LogP contribution in [0.25, 0.3) is 0 Å². The molecule has 17 heavy (non-hydrogen) atoms. The third-order valence-electron chi connectivity index (χ3n) is 1.84. The number of carbonyl (C=O) groups is 2. The molecule has 0 aliphatic heterocycles. The predicted octanol–water partition coefficient (Wildman–Crippen LogP) is 1.14. The standard InChI is InChI=1S/C10H12N2O4S/c1-5-4-7(17-6(2)9(13)14)12-8(11-5)10(15)16-3/h4,6H,1-3H3,(H,13,14). The van der Waals surface area contributed by atoms with Crippen molar-refractivity contribution < 1.29 is 19.4 Å². The zero-order valence-corrected chi connectivity index (χ0v) is 10.4. The van der Waals surface area contributed by atoms with Crippen molar-refractivity contribution in [1.29, 1.82) is 0 Å². The summed E-state index contributed by atoms with van der Waals surface area (Å²) in [6.45, 7) is 3.24. The van der Waals surface area contributed by atoms with Gasteiger partial charge in [-0.2, -0.15) is 0 Å². The van der Waals surface area contributed by atoms with Gasteiger partial charge in [0.05, 0.1) is 7.11 Å². The molecule has 1 rings (SSSR count). The highest BCUT2D eigenvalue weighted by atomic mass is 32.2. The van der Waals surface area contributed by atoms with E-state index in [4.69, 9.17) is 5.11 Å². The average molecular weight is 256 g/mol. The molecular weight excluding hydrogens is 244 g/mol. The number of thioether (sulfide) groups is 1. The van der Waals surface area contributed by atoms with Crippen LogP contribution in [0.5, 0.6) is 0 Å². The topological polar surface area (TPSA) is 89.4 Å². The van der Waals surface area contributed by atoms with Gasteiger partial charge >= 0.3 is 11.9 Å². The quantitative estimate of drug-likeness (QED) is 0.490. The number of aliphatic carboxylic acids is 1. The van der Waals surface area contributed by atoms with Gasteiger partial charge in [0.15, 0.2) is 0 Å². The number of nitrogens with zero attached hydrogens (tertiary/aromatic N) is 2. The lowest BCUT2D eigenvalue weighted by atomic mass is 10.4. The first-order valence-electron chi connectivity index (χ1n) is 4.77. The first-order chi connectivity index (χ1) is 7.93. The van der Waals surface area contributed by atoms with Crippen LogP contribution in [-0.4, -0.2) is 39.4 Å². The number of aryl methyl sites for hydroxylation is 1. The number of aromatic nitrogens is 2. The van der Waals surface area contributed by atoms with E-state index in [1.807, 2.05) is 0 Å². The third-order valence-corrected chi connectivity index (χ3v) is 2.85. The highest BCUT2D eigenvalue weighted by molar-refractivity contribution is 8.00. The number of hydrogen-bond acceptors (Lipinski definition) is 6. The Labute approximate surface area is 102 Å². The van der Waals surface area contributed by atoms with Gasteiger partial charge in [0.25, 0.3) is 0 Å². The fourth-order valence-corrected chi connectivity index (χ4v) is 1.85. The fourth-order valence-electron chi connectivity index (χ4n) is 1.01. The van der Waals surface area contributed by atoms with Crippen molar-refractivity contribution in [2.45, 2.75) is 24.1 Å². The van der Waals surface area contributed by atoms with Crippen molar-refractivity contribution in [2.75, 3.05) is 7.11 Å². The van der Waals surface area contributed by atoms with Crippen molar-refractivity contribution >= 4 is 23.7 Å². The summed E-state index contributed by atoms with van der Waals surface area (Å²) < 4.78 is 4.51. The molecule has 0 amide bonds. The second-order valence-corrected chi connectivity index (χ2v) is 4.62. The molecule has 0 bridgehead atoms. The molecule has 0 fully saturated rings. The third kappa shape index (κ3) is 3.70. The number of hydrogen-bond donors (Lipinski definition) is 1. The molecule has 6 nitrogen and oxygen atoms in total. The summed E-state index contributed by atoms with van der Waals surface area (Å²) in [5, 5.41) is 8.58. The largest absolute Gasteiger partial charge is 0.480 e. The van der Waals surface area contributed by atoms with Crippen LogP contribution in [0.1, 0.15) is 23.2 Å². The number of methoxy groups -OCH3 is 1. The summed E-state index contributed by atoms with van der Waals surface area (Å²) in [5.74, 6) is -1.64. The molecule has 0 saturated carbocycles. The SMILES string of the molecule is COC(=O)c1nc(C)cc(SC(C)C(=O)O)n1. The van der Waals surface area contributed by atoms with Gasteiger partial charge in [-0.3, -0.25) is 4.79 Å². The molecule has 1 aromatic heterocycles. The molecule has 0 aliphatic rings. The van der Waals surface area contributed by atoms with Crippen LogP contribution in [0, 0.1) is 6.92 Å². The highest BCUT2D eigenvalue weighted by Crippen LogP contribution is 2.21. The lowest BCUT2D eigenvalue weighted by Crippen LogP contribution is -2.13. The summed E-state index contributed by atoms with van der Waals surface area (Å²) >= 11 is 1.05. The second kappa shape index (κ2) is 5.62. The molecule has 1 heterocycles. The summed E-state index contributed by atoms with van der Waals surface area (Å²) in [5.41, 5.74) is 0.584. The Morgan fingerprint density at radius 1 is 1.47 bits per heavy atom. The van der Waals surface area contributed by atoms with Gasteiger partial charge in [0, 0.05) is 5.69 Å². The van der Waals surface area contributed by atoms with Crippen LogP contribution in [0.2, 0.25) is 0 Å². The predicted molar refractivity (Wildman–Crippen MR) is 61.1 cm³/mol. The molecule has 92 valence electrons. The minimum atomic E-state index is -0.939. The number of carbonyl (C=O) groups excluding carboxylic acids is 1. The Hall–Kier alpha value is -1.63. The number of carboxylic acid groups (broad SMARTS) is 1. The minimum absolute atomic E-state index is 0.0624. The summed E-state index contributed by atoms with van der Waals surface area (Å²) in [7, 11) is 1.24. The molecule has 1 N–H and O–H groups in total. The van der Waals surface area contributed by atoms with Gasteiger partial charge in [0.1, 0.15) is 10.3 Å². The fraction of sp³-hybridized carbons (Fsp3) is 0.400. The maximum atomic E-state index is 11.3. The Morgan fingerprint density at radius 3 is 2.65 bits per heavy atom. The van der Waals surface area contributed by atoms with Crippen molar-refractivity contribution in [1.82, 2.24) is 9.97 Å². The molecule has 1 unspecified atom stereocenters. The lowest BCUT2D eigenvalue weighted by molar-refractivity contribution is -0.136. The first kappa shape index (κ1) is 13.4. The van der Waals surface area contributed by atoms with Crippen LogP contribution < -0.4 is 0 Å². The van der Waals surface area contributed by atoms with Gasteiger partial charge in [-0.1, -0.05) is 11.8 Å². The average Bonchev–Trinajstić information content (AvgIpc) is 2.26. The number of esters is 1. The maximum absolute atomic E-state index is 11.3. The normalized spacial score (nSPS) is 11.9. The summed E-state index contributed by atoms with van der Waals surface area (Å²) in [6, 6.07) is 1.62. The van der Waals surface area contributed by atoms with Gasteiger partial charge in [-0.15, -0.1) is 0 Å². The molecule has 7 heteroatoms. The first-order valence-corrected chi connectivity index (χ1v) is 5.65. The van der Waals surface area contributed by atoms with Crippen molar-refractivity contribution in [3.05, 3.63) is 17.6 Å². The van der Waals surface area contributed by atoms with Crippen LogP contribution >= 0.6 is 11.8 Å². The van der Waals surface area contributed by atoms with Gasteiger partial charge in [-0.05, 0) is 19.9 Å². The van der Waals surface area contributed by atoms with E-state index < -0.39 is 17.2 Å². The second-order valence-electron chi connectivity index (χ2n) is 3.26. The summed E-state index contributed by atoms with van der Waals surface area (Å²) in [4.78, 5) is 29.8. The lowest BCUT2D eigenvalue weighted by Gasteiger charge is -2.07. The van der Waals surface area contributed by atoms with E-state index in [1.54, 1.807) is 19.9 Å². The Balaban J connectivity index is 2.97. The van der Waals surface area contributed by atoms with E-state index in [1.165, 1.54) is 7.11 Å². The maximum Gasteiger partial charge on any atom is 0.376 e. The molecular formula is C10H12N2O4S. The van der Waals surface area contributed by atoms with E-state index in [2.05, 4.69) is 14.7 Å². The van der Waals surface area contributed by atoms with Crippen molar-refractivity contribution in [3.63, 3.8) is 0 Å². The molecule has 0 radical (unpaired) electrons. The monoisotopic (exact) mass is 256 g/mol. The Morgan fingerprint density at radius 2 is 2.12 bits per heavy atom. The molecule has 0 aliphatic carbocycles. The van der Waals surface area contributed by atoms with Crippen molar-refractivity contribution in [3.8, 4) is 0 Å². The Kier molecular flexibility index (Phi) is 4.45. The van der Waals surface area contributed by atoms with Gasteiger partial charge in [-0.25, -0.2) is 14.8 Å². The minimum Gasteiger partial charge on any atom is -0.480 e. The zero-order chi connectivity index (χ0) is 13.0. The number of ether oxygens (including phenoxy) is 1. The van der Waals surface area contributed by atoms with Gasteiger partial charge in [0.2, 0.25) is 5.82 Å².